The van der Waals surface area contributed by atoms with Gasteiger partial charge in [0.25, 0.3) is 0 Å². The summed E-state index contributed by atoms with van der Waals surface area (Å²) in [6.45, 7) is 7.23. The molecule has 0 amide bonds. The fourth-order valence-corrected chi connectivity index (χ4v) is 2.32. The molecule has 0 saturated carbocycles. The van der Waals surface area contributed by atoms with Gasteiger partial charge in [-0.25, -0.2) is 0 Å². The van der Waals surface area contributed by atoms with E-state index in [9.17, 15) is 0 Å². The van der Waals surface area contributed by atoms with Gasteiger partial charge in [-0.15, -0.1) is 0 Å². The van der Waals surface area contributed by atoms with Crippen LogP contribution in [0.5, 0.6) is 5.75 Å². The van der Waals surface area contributed by atoms with Gasteiger partial charge >= 0.3 is 0 Å². The molecule has 0 bridgehead atoms. The highest BCUT2D eigenvalue weighted by atomic mass is 16.5. The summed E-state index contributed by atoms with van der Waals surface area (Å²) in [7, 11) is 0. The first kappa shape index (κ1) is 15.5. The Morgan fingerprint density at radius 3 is 2.62 bits per heavy atom. The number of nitrogens with zero attached hydrogens (tertiary/aromatic N) is 1. The van der Waals surface area contributed by atoms with Crippen LogP contribution in [0.3, 0.4) is 0 Å². The number of benzene rings is 1. The van der Waals surface area contributed by atoms with Crippen molar-refractivity contribution >= 4 is 0 Å². The van der Waals surface area contributed by atoms with Gasteiger partial charge in [0, 0.05) is 18.0 Å². The SMILES string of the molecule is CCCNC(c1cccnc1)c1ccccc1OC(C)C. The second-order valence-electron chi connectivity index (χ2n) is 5.38. The first-order valence-electron chi connectivity index (χ1n) is 7.61. The van der Waals surface area contributed by atoms with Crippen LogP contribution in [0.1, 0.15) is 44.4 Å². The molecule has 1 N–H and O–H groups in total. The Morgan fingerprint density at radius 1 is 1.14 bits per heavy atom. The van der Waals surface area contributed by atoms with Crippen molar-refractivity contribution < 1.29 is 4.74 Å². The van der Waals surface area contributed by atoms with Crippen molar-refractivity contribution in [2.24, 2.45) is 0 Å². The quantitative estimate of drug-likeness (QED) is 0.835. The summed E-state index contributed by atoms with van der Waals surface area (Å²) in [5, 5.41) is 3.60. The number of hydrogen-bond acceptors (Lipinski definition) is 3. The Labute approximate surface area is 127 Å². The summed E-state index contributed by atoms with van der Waals surface area (Å²) in [6, 6.07) is 12.4. The van der Waals surface area contributed by atoms with E-state index in [1.165, 1.54) is 0 Å². The lowest BCUT2D eigenvalue weighted by Crippen LogP contribution is -2.24. The van der Waals surface area contributed by atoms with Crippen LogP contribution >= 0.6 is 0 Å². The minimum absolute atomic E-state index is 0.105. The van der Waals surface area contributed by atoms with Gasteiger partial charge in [-0.2, -0.15) is 0 Å². The van der Waals surface area contributed by atoms with Crippen molar-refractivity contribution in [1.29, 1.82) is 0 Å². The van der Waals surface area contributed by atoms with Gasteiger partial charge in [0.2, 0.25) is 0 Å². The molecule has 1 heterocycles. The highest BCUT2D eigenvalue weighted by molar-refractivity contribution is 5.41. The van der Waals surface area contributed by atoms with E-state index in [-0.39, 0.29) is 12.1 Å². The monoisotopic (exact) mass is 284 g/mol. The van der Waals surface area contributed by atoms with E-state index < -0.39 is 0 Å². The van der Waals surface area contributed by atoms with Crippen LogP contribution in [0.25, 0.3) is 0 Å². The van der Waals surface area contributed by atoms with Crippen LogP contribution in [-0.4, -0.2) is 17.6 Å². The smallest absolute Gasteiger partial charge is 0.124 e. The van der Waals surface area contributed by atoms with E-state index in [2.05, 4.69) is 49.3 Å². The van der Waals surface area contributed by atoms with E-state index in [0.29, 0.717) is 0 Å². The second kappa shape index (κ2) is 7.79. The zero-order chi connectivity index (χ0) is 15.1. The van der Waals surface area contributed by atoms with Gasteiger partial charge in [-0.05, 0) is 44.5 Å². The van der Waals surface area contributed by atoms with Gasteiger partial charge in [0.05, 0.1) is 12.1 Å². The molecular weight excluding hydrogens is 260 g/mol. The summed E-state index contributed by atoms with van der Waals surface area (Å²) in [5.41, 5.74) is 2.32. The zero-order valence-corrected chi connectivity index (χ0v) is 13.0. The lowest BCUT2D eigenvalue weighted by atomic mass is 9.99. The molecule has 0 fully saturated rings. The maximum atomic E-state index is 5.97. The van der Waals surface area contributed by atoms with E-state index >= 15 is 0 Å². The molecule has 21 heavy (non-hydrogen) atoms. The average molecular weight is 284 g/mol. The van der Waals surface area contributed by atoms with Crippen LogP contribution in [0.4, 0.5) is 0 Å². The minimum atomic E-state index is 0.105. The maximum Gasteiger partial charge on any atom is 0.124 e. The molecule has 2 rings (SSSR count). The molecule has 2 aromatic rings. The molecule has 1 atom stereocenters. The summed E-state index contributed by atoms with van der Waals surface area (Å²) >= 11 is 0. The highest BCUT2D eigenvalue weighted by Crippen LogP contribution is 2.30. The van der Waals surface area contributed by atoms with Crippen LogP contribution in [0.15, 0.2) is 48.8 Å². The Bertz CT molecular complexity index is 540. The van der Waals surface area contributed by atoms with Crippen molar-refractivity contribution in [3.8, 4) is 5.75 Å². The molecule has 0 aliphatic carbocycles. The Balaban J connectivity index is 2.37. The molecule has 112 valence electrons. The Kier molecular flexibility index (Phi) is 5.76. The maximum absolute atomic E-state index is 5.97. The van der Waals surface area contributed by atoms with E-state index in [4.69, 9.17) is 4.74 Å². The molecule has 3 heteroatoms. The standard InChI is InChI=1S/C18H24N2O/c1-4-11-20-18(15-8-7-12-19-13-15)16-9-5-6-10-17(16)21-14(2)3/h5-10,12-14,18,20H,4,11H2,1-3H3. The Morgan fingerprint density at radius 2 is 1.95 bits per heavy atom. The third-order valence-electron chi connectivity index (χ3n) is 3.21. The molecule has 0 saturated heterocycles. The summed E-state index contributed by atoms with van der Waals surface area (Å²) in [6.07, 6.45) is 4.97. The summed E-state index contributed by atoms with van der Waals surface area (Å²) in [4.78, 5) is 4.25. The summed E-state index contributed by atoms with van der Waals surface area (Å²) < 4.78 is 5.97. The van der Waals surface area contributed by atoms with E-state index in [0.717, 1.165) is 29.8 Å². The molecule has 3 nitrogen and oxygen atoms in total. The van der Waals surface area contributed by atoms with Gasteiger partial charge in [-0.1, -0.05) is 31.2 Å². The van der Waals surface area contributed by atoms with Gasteiger partial charge in [0.15, 0.2) is 0 Å². The first-order valence-corrected chi connectivity index (χ1v) is 7.61. The van der Waals surface area contributed by atoms with Crippen molar-refractivity contribution in [3.63, 3.8) is 0 Å². The molecule has 1 aromatic heterocycles. The number of rotatable bonds is 7. The Hall–Kier alpha value is -1.87. The normalized spacial score (nSPS) is 12.4. The van der Waals surface area contributed by atoms with E-state index in [1.54, 1.807) is 6.20 Å². The van der Waals surface area contributed by atoms with Crippen molar-refractivity contribution in [1.82, 2.24) is 10.3 Å². The van der Waals surface area contributed by atoms with Crippen LogP contribution in [-0.2, 0) is 0 Å². The molecule has 1 unspecified atom stereocenters. The minimum Gasteiger partial charge on any atom is -0.491 e. The molecular formula is C18H24N2O. The lowest BCUT2D eigenvalue weighted by Gasteiger charge is -2.23. The van der Waals surface area contributed by atoms with Crippen LogP contribution in [0.2, 0.25) is 0 Å². The molecule has 1 aromatic carbocycles. The highest BCUT2D eigenvalue weighted by Gasteiger charge is 2.18. The molecule has 0 aliphatic heterocycles. The topological polar surface area (TPSA) is 34.2 Å². The largest absolute Gasteiger partial charge is 0.491 e. The lowest BCUT2D eigenvalue weighted by molar-refractivity contribution is 0.238. The average Bonchev–Trinajstić information content (AvgIpc) is 2.50. The first-order chi connectivity index (χ1) is 10.2. The van der Waals surface area contributed by atoms with E-state index in [1.807, 2.05) is 24.4 Å². The van der Waals surface area contributed by atoms with Gasteiger partial charge in [0.1, 0.15) is 5.75 Å². The predicted octanol–water partition coefficient (Wildman–Crippen LogP) is 3.96. The molecule has 0 aliphatic rings. The van der Waals surface area contributed by atoms with Crippen molar-refractivity contribution in [3.05, 3.63) is 59.9 Å². The number of aromatic nitrogens is 1. The van der Waals surface area contributed by atoms with Gasteiger partial charge in [-0.3, -0.25) is 4.98 Å². The third kappa shape index (κ3) is 4.30. The fraction of sp³-hybridized carbons (Fsp3) is 0.389. The number of nitrogens with one attached hydrogen (secondary N) is 1. The number of pyridine rings is 1. The fourth-order valence-electron chi connectivity index (χ4n) is 2.32. The van der Waals surface area contributed by atoms with Crippen molar-refractivity contribution in [2.75, 3.05) is 6.54 Å². The number of para-hydroxylation sites is 1. The predicted molar refractivity (Wildman–Crippen MR) is 86.6 cm³/mol. The van der Waals surface area contributed by atoms with Gasteiger partial charge < -0.3 is 10.1 Å². The zero-order valence-electron chi connectivity index (χ0n) is 13.0. The van der Waals surface area contributed by atoms with Crippen molar-refractivity contribution in [2.45, 2.75) is 39.3 Å². The van der Waals surface area contributed by atoms with Crippen LogP contribution < -0.4 is 10.1 Å². The summed E-state index contributed by atoms with van der Waals surface area (Å²) in [5.74, 6) is 0.935. The number of hydrogen-bond donors (Lipinski definition) is 1. The van der Waals surface area contributed by atoms with Crippen LogP contribution in [0, 0.1) is 0 Å². The second-order valence-corrected chi connectivity index (χ2v) is 5.38. The third-order valence-corrected chi connectivity index (χ3v) is 3.21. The molecule has 0 radical (unpaired) electrons. The molecule has 0 spiro atoms. The number of ether oxygens (including phenoxy) is 1.